The van der Waals surface area contributed by atoms with E-state index in [1.165, 1.54) is 13.0 Å². The standard InChI is InChI=1S/C19H14N2O7/c1-10(18(22)13-8-20-14-5-3-2-4-11(13)14)28-19(23)12-6-16-17(27-9-26-16)7-15(12)21(24)25/h2-8,10,20H,9H2,1H3/t10-/m0/s1. The summed E-state index contributed by atoms with van der Waals surface area (Å²) < 4.78 is 15.5. The van der Waals surface area contributed by atoms with Crippen molar-refractivity contribution in [2.45, 2.75) is 13.0 Å². The normalized spacial score (nSPS) is 13.3. The molecular weight excluding hydrogens is 368 g/mol. The molecular formula is C19H14N2O7. The molecule has 0 fully saturated rings. The highest BCUT2D eigenvalue weighted by molar-refractivity contribution is 6.10. The molecule has 0 unspecified atom stereocenters. The Kier molecular flexibility index (Phi) is 4.19. The number of hydrogen-bond donors (Lipinski definition) is 1. The minimum absolute atomic E-state index is 0.0968. The van der Waals surface area contributed by atoms with E-state index >= 15 is 0 Å². The molecule has 0 amide bonds. The van der Waals surface area contributed by atoms with Gasteiger partial charge in [0.2, 0.25) is 12.6 Å². The van der Waals surface area contributed by atoms with Gasteiger partial charge in [0.15, 0.2) is 17.6 Å². The van der Waals surface area contributed by atoms with Crippen LogP contribution in [0.1, 0.15) is 27.6 Å². The fourth-order valence-corrected chi connectivity index (χ4v) is 3.02. The number of ketones is 1. The molecule has 4 rings (SSSR count). The molecule has 1 aromatic heterocycles. The number of nitro benzene ring substituents is 1. The number of aromatic amines is 1. The maximum atomic E-state index is 12.7. The van der Waals surface area contributed by atoms with Crippen LogP contribution in [0.15, 0.2) is 42.6 Å². The van der Waals surface area contributed by atoms with Crippen LogP contribution in [0.2, 0.25) is 0 Å². The van der Waals surface area contributed by atoms with Crippen molar-refractivity contribution in [3.63, 3.8) is 0 Å². The van der Waals surface area contributed by atoms with Gasteiger partial charge in [0.1, 0.15) is 5.56 Å². The van der Waals surface area contributed by atoms with Crippen molar-refractivity contribution in [2.24, 2.45) is 0 Å². The number of nitro groups is 1. The van der Waals surface area contributed by atoms with Gasteiger partial charge >= 0.3 is 5.97 Å². The number of nitrogens with one attached hydrogen (secondary N) is 1. The van der Waals surface area contributed by atoms with Gasteiger partial charge in [0.25, 0.3) is 5.69 Å². The molecule has 3 aromatic rings. The third-order valence-electron chi connectivity index (χ3n) is 4.42. The summed E-state index contributed by atoms with van der Waals surface area (Å²) in [6, 6.07) is 9.50. The van der Waals surface area contributed by atoms with E-state index in [2.05, 4.69) is 4.98 Å². The Morgan fingerprint density at radius 1 is 1.18 bits per heavy atom. The molecule has 0 saturated carbocycles. The van der Waals surface area contributed by atoms with Crippen molar-refractivity contribution in [2.75, 3.05) is 6.79 Å². The van der Waals surface area contributed by atoms with Crippen molar-refractivity contribution in [3.8, 4) is 11.5 Å². The summed E-state index contributed by atoms with van der Waals surface area (Å²) in [5.74, 6) is -1.04. The molecule has 2 heterocycles. The van der Waals surface area contributed by atoms with Gasteiger partial charge in [-0.25, -0.2) is 4.79 Å². The lowest BCUT2D eigenvalue weighted by Gasteiger charge is -2.12. The number of H-pyrrole nitrogens is 1. The van der Waals surface area contributed by atoms with E-state index in [-0.39, 0.29) is 23.9 Å². The largest absolute Gasteiger partial charge is 0.454 e. The van der Waals surface area contributed by atoms with Gasteiger partial charge in [0.05, 0.1) is 11.0 Å². The predicted octanol–water partition coefficient (Wildman–Crippen LogP) is 3.23. The second-order valence-electron chi connectivity index (χ2n) is 6.14. The first-order valence-corrected chi connectivity index (χ1v) is 8.35. The van der Waals surface area contributed by atoms with Crippen molar-refractivity contribution in [1.29, 1.82) is 0 Å². The van der Waals surface area contributed by atoms with Crippen molar-refractivity contribution < 1.29 is 28.7 Å². The number of carbonyl (C=O) groups is 2. The summed E-state index contributed by atoms with van der Waals surface area (Å²) >= 11 is 0. The van der Waals surface area contributed by atoms with Crippen LogP contribution in [-0.4, -0.2) is 34.6 Å². The Bertz CT molecular complexity index is 1120. The summed E-state index contributed by atoms with van der Waals surface area (Å²) in [6.07, 6.45) is 0.400. The van der Waals surface area contributed by atoms with Gasteiger partial charge in [-0.1, -0.05) is 18.2 Å². The molecule has 0 spiro atoms. The fraction of sp³-hybridized carbons (Fsp3) is 0.158. The van der Waals surface area contributed by atoms with E-state index < -0.39 is 28.5 Å². The number of hydrogen-bond acceptors (Lipinski definition) is 7. The minimum Gasteiger partial charge on any atom is -0.454 e. The molecule has 0 aliphatic carbocycles. The molecule has 0 bridgehead atoms. The van der Waals surface area contributed by atoms with E-state index in [0.29, 0.717) is 10.9 Å². The molecule has 9 nitrogen and oxygen atoms in total. The number of Topliss-reactive ketones (excluding diaryl/α,β-unsaturated/α-hetero) is 1. The summed E-state index contributed by atoms with van der Waals surface area (Å²) in [4.78, 5) is 38.8. The van der Waals surface area contributed by atoms with E-state index in [9.17, 15) is 19.7 Å². The van der Waals surface area contributed by atoms with E-state index in [1.54, 1.807) is 18.3 Å². The number of carbonyl (C=O) groups excluding carboxylic acids is 2. The number of rotatable bonds is 5. The molecule has 1 N–H and O–H groups in total. The summed E-state index contributed by atoms with van der Waals surface area (Å²) in [5, 5.41) is 12.0. The smallest absolute Gasteiger partial charge is 0.346 e. The van der Waals surface area contributed by atoms with Crippen LogP contribution in [0, 0.1) is 10.1 Å². The summed E-state index contributed by atoms with van der Waals surface area (Å²) in [6.45, 7) is 1.32. The van der Waals surface area contributed by atoms with Crippen LogP contribution in [0.3, 0.4) is 0 Å². The topological polar surface area (TPSA) is 121 Å². The Labute approximate surface area is 158 Å². The molecule has 142 valence electrons. The number of aromatic nitrogens is 1. The third kappa shape index (κ3) is 2.92. The van der Waals surface area contributed by atoms with Crippen LogP contribution in [0.25, 0.3) is 10.9 Å². The van der Waals surface area contributed by atoms with Crippen molar-refractivity contribution in [1.82, 2.24) is 4.98 Å². The molecule has 1 aliphatic rings. The number of nitrogens with zero attached hydrogens (tertiary/aromatic N) is 1. The number of fused-ring (bicyclic) bond motifs is 2. The van der Waals surface area contributed by atoms with Gasteiger partial charge < -0.3 is 19.2 Å². The van der Waals surface area contributed by atoms with E-state index in [0.717, 1.165) is 11.6 Å². The molecule has 0 saturated heterocycles. The zero-order valence-corrected chi connectivity index (χ0v) is 14.6. The highest BCUT2D eigenvalue weighted by Crippen LogP contribution is 2.38. The van der Waals surface area contributed by atoms with Gasteiger partial charge in [-0.15, -0.1) is 0 Å². The minimum atomic E-state index is -1.14. The van der Waals surface area contributed by atoms with Crippen molar-refractivity contribution >= 4 is 28.3 Å². The molecule has 28 heavy (non-hydrogen) atoms. The lowest BCUT2D eigenvalue weighted by molar-refractivity contribution is -0.385. The Balaban J connectivity index is 1.60. The number of esters is 1. The van der Waals surface area contributed by atoms with Crippen LogP contribution in [0.5, 0.6) is 11.5 Å². The maximum Gasteiger partial charge on any atom is 0.346 e. The first-order chi connectivity index (χ1) is 13.5. The monoisotopic (exact) mass is 382 g/mol. The fourth-order valence-electron chi connectivity index (χ4n) is 3.02. The average Bonchev–Trinajstić information content (AvgIpc) is 3.32. The first kappa shape index (κ1) is 17.5. The van der Waals surface area contributed by atoms with E-state index in [4.69, 9.17) is 14.2 Å². The zero-order valence-electron chi connectivity index (χ0n) is 14.6. The summed E-state index contributed by atoms with van der Waals surface area (Å²) in [5.41, 5.74) is 0.348. The van der Waals surface area contributed by atoms with Crippen LogP contribution in [0.4, 0.5) is 5.69 Å². The second-order valence-corrected chi connectivity index (χ2v) is 6.14. The van der Waals surface area contributed by atoms with Crippen LogP contribution >= 0.6 is 0 Å². The lowest BCUT2D eigenvalue weighted by atomic mass is 10.1. The summed E-state index contributed by atoms with van der Waals surface area (Å²) in [7, 11) is 0. The number of ether oxygens (including phenoxy) is 3. The van der Waals surface area contributed by atoms with Gasteiger partial charge in [-0.2, -0.15) is 0 Å². The molecule has 2 aromatic carbocycles. The lowest BCUT2D eigenvalue weighted by Crippen LogP contribution is -2.24. The van der Waals surface area contributed by atoms with Crippen LogP contribution in [-0.2, 0) is 4.74 Å². The van der Waals surface area contributed by atoms with Gasteiger partial charge in [-0.05, 0) is 13.0 Å². The quantitative estimate of drug-likeness (QED) is 0.311. The van der Waals surface area contributed by atoms with Gasteiger partial charge in [-0.3, -0.25) is 14.9 Å². The van der Waals surface area contributed by atoms with Crippen LogP contribution < -0.4 is 9.47 Å². The maximum absolute atomic E-state index is 12.7. The Morgan fingerprint density at radius 2 is 1.89 bits per heavy atom. The molecule has 9 heteroatoms. The van der Waals surface area contributed by atoms with E-state index in [1.807, 2.05) is 12.1 Å². The highest BCUT2D eigenvalue weighted by atomic mass is 16.7. The highest BCUT2D eigenvalue weighted by Gasteiger charge is 2.30. The first-order valence-electron chi connectivity index (χ1n) is 8.35. The Morgan fingerprint density at radius 3 is 2.64 bits per heavy atom. The second kappa shape index (κ2) is 6.69. The molecule has 0 radical (unpaired) electrons. The SMILES string of the molecule is C[C@H](OC(=O)c1cc2c(cc1[N+](=O)[O-])OCO2)C(=O)c1c[nH]c2ccccc12. The average molecular weight is 382 g/mol. The number of para-hydroxylation sites is 1. The molecule has 1 atom stereocenters. The Hall–Kier alpha value is -3.88. The zero-order chi connectivity index (χ0) is 19.8. The number of benzene rings is 2. The van der Waals surface area contributed by atoms with Crippen molar-refractivity contribution in [3.05, 3.63) is 63.8 Å². The molecule has 1 aliphatic heterocycles. The predicted molar refractivity (Wildman–Crippen MR) is 96.7 cm³/mol. The van der Waals surface area contributed by atoms with Gasteiger partial charge in [0, 0.05) is 28.7 Å². The third-order valence-corrected chi connectivity index (χ3v) is 4.42.